The van der Waals surface area contributed by atoms with Gasteiger partial charge in [-0.3, -0.25) is 9.69 Å². The molecule has 1 heterocycles. The van der Waals surface area contributed by atoms with Crippen molar-refractivity contribution in [2.45, 2.75) is 6.42 Å². The van der Waals surface area contributed by atoms with Gasteiger partial charge in [0.1, 0.15) is 19.0 Å². The molecule has 3 rings (SSSR count). The van der Waals surface area contributed by atoms with Crippen molar-refractivity contribution in [1.29, 1.82) is 0 Å². The van der Waals surface area contributed by atoms with Gasteiger partial charge in [-0.05, 0) is 24.1 Å². The van der Waals surface area contributed by atoms with E-state index < -0.39 is 0 Å². The van der Waals surface area contributed by atoms with E-state index in [1.807, 2.05) is 41.3 Å². The van der Waals surface area contributed by atoms with E-state index in [-0.39, 0.29) is 12.5 Å². The van der Waals surface area contributed by atoms with Crippen molar-refractivity contribution < 1.29 is 14.3 Å². The summed E-state index contributed by atoms with van der Waals surface area (Å²) in [5.41, 5.74) is 1.36. The summed E-state index contributed by atoms with van der Waals surface area (Å²) < 4.78 is 11.0. The van der Waals surface area contributed by atoms with Gasteiger partial charge in [-0.15, -0.1) is 0 Å². The van der Waals surface area contributed by atoms with Crippen LogP contribution in [-0.2, 0) is 16.0 Å². The Bertz CT molecular complexity index is 670. The Morgan fingerprint density at radius 2 is 1.52 bits per heavy atom. The molecule has 0 spiro atoms. The number of nitrogens with zero attached hydrogens (tertiary/aromatic N) is 2. The molecule has 1 saturated heterocycles. The molecule has 0 unspecified atom stereocenters. The van der Waals surface area contributed by atoms with Crippen LogP contribution >= 0.6 is 0 Å². The summed E-state index contributed by atoms with van der Waals surface area (Å²) in [7, 11) is 0. The molecule has 2 aromatic carbocycles. The fourth-order valence-corrected chi connectivity index (χ4v) is 3.14. The number of carbonyl (C=O) groups is 1. The molecule has 1 aliphatic heterocycles. The molecule has 0 aliphatic carbocycles. The fraction of sp³-hybridized carbons (Fsp3) is 0.409. The number of piperazine rings is 1. The smallest absolute Gasteiger partial charge is 0.248 e. The minimum Gasteiger partial charge on any atom is -0.491 e. The summed E-state index contributed by atoms with van der Waals surface area (Å²) in [5.74, 6) is 0.886. The van der Waals surface area contributed by atoms with Crippen molar-refractivity contribution in [3.05, 3.63) is 66.2 Å². The molecule has 2 aromatic rings. The Morgan fingerprint density at radius 3 is 2.22 bits per heavy atom. The van der Waals surface area contributed by atoms with Crippen LogP contribution in [-0.4, -0.2) is 68.3 Å². The Labute approximate surface area is 161 Å². The van der Waals surface area contributed by atoms with Crippen molar-refractivity contribution >= 4 is 5.91 Å². The lowest BCUT2D eigenvalue weighted by molar-refractivity contribution is -0.138. The number of para-hydroxylation sites is 1. The van der Waals surface area contributed by atoms with E-state index in [1.165, 1.54) is 5.56 Å². The largest absolute Gasteiger partial charge is 0.491 e. The molecule has 0 radical (unpaired) electrons. The summed E-state index contributed by atoms with van der Waals surface area (Å²) in [6.45, 7) is 5.43. The molecule has 5 heteroatoms. The first-order chi connectivity index (χ1) is 13.3. The summed E-state index contributed by atoms with van der Waals surface area (Å²) in [6.07, 6.45) is 1.05. The molecule has 27 heavy (non-hydrogen) atoms. The number of rotatable bonds is 9. The van der Waals surface area contributed by atoms with Crippen LogP contribution in [0, 0.1) is 0 Å². The van der Waals surface area contributed by atoms with Gasteiger partial charge >= 0.3 is 0 Å². The second-order valence-corrected chi connectivity index (χ2v) is 6.67. The van der Waals surface area contributed by atoms with E-state index >= 15 is 0 Å². The van der Waals surface area contributed by atoms with Gasteiger partial charge < -0.3 is 14.4 Å². The second kappa shape index (κ2) is 10.7. The zero-order chi connectivity index (χ0) is 18.7. The lowest BCUT2D eigenvalue weighted by Crippen LogP contribution is -2.50. The van der Waals surface area contributed by atoms with Gasteiger partial charge in [0.2, 0.25) is 5.91 Å². The number of benzene rings is 2. The van der Waals surface area contributed by atoms with Crippen molar-refractivity contribution in [3.8, 4) is 5.75 Å². The first-order valence-electron chi connectivity index (χ1n) is 9.61. The third-order valence-electron chi connectivity index (χ3n) is 4.75. The van der Waals surface area contributed by atoms with Gasteiger partial charge in [-0.1, -0.05) is 48.5 Å². The van der Waals surface area contributed by atoms with E-state index in [4.69, 9.17) is 9.47 Å². The minimum absolute atomic E-state index is 0.0671. The Hall–Kier alpha value is -2.37. The van der Waals surface area contributed by atoms with Gasteiger partial charge in [0, 0.05) is 32.7 Å². The maximum absolute atomic E-state index is 12.3. The van der Waals surface area contributed by atoms with Crippen molar-refractivity contribution in [3.63, 3.8) is 0 Å². The standard InChI is InChI=1S/C22H28N2O3/c25-22(19-26-17-18-27-21-9-5-2-6-10-21)24-15-13-23(14-16-24)12-11-20-7-3-1-4-8-20/h1-10H,11-19H2. The minimum atomic E-state index is 0.0671. The molecule has 0 bridgehead atoms. The fourth-order valence-electron chi connectivity index (χ4n) is 3.14. The van der Waals surface area contributed by atoms with Crippen LogP contribution in [0.15, 0.2) is 60.7 Å². The molecule has 0 aromatic heterocycles. The van der Waals surface area contributed by atoms with Crippen LogP contribution in [0.2, 0.25) is 0 Å². The van der Waals surface area contributed by atoms with E-state index in [9.17, 15) is 4.79 Å². The lowest BCUT2D eigenvalue weighted by atomic mass is 10.1. The van der Waals surface area contributed by atoms with Gasteiger partial charge in [0.15, 0.2) is 0 Å². The molecule has 0 N–H and O–H groups in total. The van der Waals surface area contributed by atoms with Crippen molar-refractivity contribution in [2.24, 2.45) is 0 Å². The van der Waals surface area contributed by atoms with Crippen LogP contribution in [0.5, 0.6) is 5.75 Å². The molecular weight excluding hydrogens is 340 g/mol. The van der Waals surface area contributed by atoms with Crippen LogP contribution in [0.3, 0.4) is 0 Å². The first-order valence-corrected chi connectivity index (χ1v) is 9.61. The normalized spacial score (nSPS) is 14.9. The molecule has 0 atom stereocenters. The lowest BCUT2D eigenvalue weighted by Gasteiger charge is -2.34. The maximum Gasteiger partial charge on any atom is 0.248 e. The van der Waals surface area contributed by atoms with Crippen LogP contribution < -0.4 is 4.74 Å². The SMILES string of the molecule is O=C(COCCOc1ccccc1)N1CCN(CCc2ccccc2)CC1. The number of amides is 1. The van der Waals surface area contributed by atoms with Gasteiger partial charge in [-0.25, -0.2) is 0 Å². The summed E-state index contributed by atoms with van der Waals surface area (Å²) in [6, 6.07) is 20.2. The van der Waals surface area contributed by atoms with E-state index in [2.05, 4.69) is 29.2 Å². The van der Waals surface area contributed by atoms with Gasteiger partial charge in [-0.2, -0.15) is 0 Å². The van der Waals surface area contributed by atoms with Crippen LogP contribution in [0.1, 0.15) is 5.56 Å². The van der Waals surface area contributed by atoms with Crippen LogP contribution in [0.25, 0.3) is 0 Å². The number of carbonyl (C=O) groups excluding carboxylic acids is 1. The monoisotopic (exact) mass is 368 g/mol. The summed E-state index contributed by atoms with van der Waals surface area (Å²) in [4.78, 5) is 16.6. The van der Waals surface area contributed by atoms with E-state index in [0.29, 0.717) is 13.2 Å². The van der Waals surface area contributed by atoms with Crippen LogP contribution in [0.4, 0.5) is 0 Å². The van der Waals surface area contributed by atoms with E-state index in [0.717, 1.165) is 44.9 Å². The summed E-state index contributed by atoms with van der Waals surface area (Å²) >= 11 is 0. The molecule has 0 saturated carbocycles. The molecule has 144 valence electrons. The van der Waals surface area contributed by atoms with Crippen molar-refractivity contribution in [2.75, 3.05) is 52.5 Å². The maximum atomic E-state index is 12.3. The molecule has 1 aliphatic rings. The predicted molar refractivity (Wildman–Crippen MR) is 106 cm³/mol. The molecular formula is C22H28N2O3. The third-order valence-corrected chi connectivity index (χ3v) is 4.75. The van der Waals surface area contributed by atoms with Gasteiger partial charge in [0.25, 0.3) is 0 Å². The number of hydrogen-bond donors (Lipinski definition) is 0. The average Bonchev–Trinajstić information content (AvgIpc) is 2.74. The topological polar surface area (TPSA) is 42.0 Å². The highest BCUT2D eigenvalue weighted by Crippen LogP contribution is 2.08. The highest BCUT2D eigenvalue weighted by molar-refractivity contribution is 5.77. The Morgan fingerprint density at radius 1 is 0.852 bits per heavy atom. The third kappa shape index (κ3) is 6.70. The van der Waals surface area contributed by atoms with E-state index in [1.54, 1.807) is 0 Å². The Balaban J connectivity index is 1.26. The highest BCUT2D eigenvalue weighted by Gasteiger charge is 2.20. The zero-order valence-electron chi connectivity index (χ0n) is 15.8. The molecule has 5 nitrogen and oxygen atoms in total. The average molecular weight is 368 g/mol. The molecule has 1 fully saturated rings. The highest BCUT2D eigenvalue weighted by atomic mass is 16.5. The second-order valence-electron chi connectivity index (χ2n) is 6.67. The Kier molecular flexibility index (Phi) is 7.69. The zero-order valence-corrected chi connectivity index (χ0v) is 15.8. The van der Waals surface area contributed by atoms with Crippen molar-refractivity contribution in [1.82, 2.24) is 9.80 Å². The van der Waals surface area contributed by atoms with Gasteiger partial charge in [0.05, 0.1) is 6.61 Å². The number of hydrogen-bond acceptors (Lipinski definition) is 4. The first kappa shape index (κ1) is 19.4. The number of ether oxygens (including phenoxy) is 2. The summed E-state index contributed by atoms with van der Waals surface area (Å²) in [5, 5.41) is 0. The quantitative estimate of drug-likeness (QED) is 0.638. The molecule has 1 amide bonds. The predicted octanol–water partition coefficient (Wildman–Crippen LogP) is 2.47.